The monoisotopic (exact) mass is 334 g/mol. The Labute approximate surface area is 142 Å². The number of nitro groups is 1. The number of nitro benzene ring substituents is 1. The predicted octanol–water partition coefficient (Wildman–Crippen LogP) is 3.27. The van der Waals surface area contributed by atoms with Crippen LogP contribution in [0.4, 0.5) is 5.69 Å². The number of hydrogen-bond acceptors (Lipinski definition) is 4. The molecule has 2 rings (SSSR count). The number of benzene rings is 1. The number of hydrogen-bond donors (Lipinski definition) is 1. The lowest BCUT2D eigenvalue weighted by molar-refractivity contribution is -0.386. The SMILES string of the molecule is CC(C)(C)c1ccc(C(=O)N2CCCC2C(C)(C)O)cc1[N+](=O)[O-]. The summed E-state index contributed by atoms with van der Waals surface area (Å²) in [6, 6.07) is 4.41. The van der Waals surface area contributed by atoms with Gasteiger partial charge in [-0.1, -0.05) is 26.8 Å². The van der Waals surface area contributed by atoms with E-state index in [-0.39, 0.29) is 23.1 Å². The third kappa shape index (κ3) is 3.59. The molecule has 1 aliphatic heterocycles. The van der Waals surface area contributed by atoms with E-state index in [2.05, 4.69) is 0 Å². The lowest BCUT2D eigenvalue weighted by atomic mass is 9.85. The summed E-state index contributed by atoms with van der Waals surface area (Å²) in [7, 11) is 0. The van der Waals surface area contributed by atoms with Crippen LogP contribution in [0.15, 0.2) is 18.2 Å². The van der Waals surface area contributed by atoms with Gasteiger partial charge < -0.3 is 10.0 Å². The molecule has 24 heavy (non-hydrogen) atoms. The van der Waals surface area contributed by atoms with E-state index >= 15 is 0 Å². The van der Waals surface area contributed by atoms with Crippen molar-refractivity contribution in [1.82, 2.24) is 4.90 Å². The second-order valence-electron chi connectivity index (χ2n) is 8.05. The first-order chi connectivity index (χ1) is 10.9. The molecular formula is C18H26N2O4. The molecule has 6 heteroatoms. The molecule has 1 atom stereocenters. The average molecular weight is 334 g/mol. The van der Waals surface area contributed by atoms with Crippen molar-refractivity contribution in [1.29, 1.82) is 0 Å². The molecule has 0 radical (unpaired) electrons. The fourth-order valence-corrected chi connectivity index (χ4v) is 3.36. The molecule has 1 saturated heterocycles. The van der Waals surface area contributed by atoms with Crippen LogP contribution in [-0.2, 0) is 5.41 Å². The molecule has 0 spiro atoms. The van der Waals surface area contributed by atoms with Gasteiger partial charge in [0.2, 0.25) is 0 Å². The summed E-state index contributed by atoms with van der Waals surface area (Å²) in [5.74, 6) is -0.261. The Morgan fingerprint density at radius 1 is 1.29 bits per heavy atom. The quantitative estimate of drug-likeness (QED) is 0.679. The molecule has 1 N–H and O–H groups in total. The van der Waals surface area contributed by atoms with Gasteiger partial charge in [0.25, 0.3) is 11.6 Å². The highest BCUT2D eigenvalue weighted by Crippen LogP contribution is 2.33. The summed E-state index contributed by atoms with van der Waals surface area (Å²) in [5.41, 5.74) is -0.515. The van der Waals surface area contributed by atoms with E-state index in [9.17, 15) is 20.0 Å². The summed E-state index contributed by atoms with van der Waals surface area (Å²) in [6.45, 7) is 9.65. The van der Waals surface area contributed by atoms with Crippen LogP contribution in [-0.4, -0.2) is 39.0 Å². The van der Waals surface area contributed by atoms with E-state index in [1.54, 1.807) is 30.9 Å². The van der Waals surface area contributed by atoms with Gasteiger partial charge in [0.05, 0.1) is 16.6 Å². The van der Waals surface area contributed by atoms with Crippen LogP contribution in [0.3, 0.4) is 0 Å². The maximum absolute atomic E-state index is 12.8. The molecule has 0 aromatic heterocycles. The summed E-state index contributed by atoms with van der Waals surface area (Å²) in [4.78, 5) is 25.5. The second-order valence-corrected chi connectivity index (χ2v) is 8.05. The minimum Gasteiger partial charge on any atom is -0.388 e. The zero-order chi connectivity index (χ0) is 18.3. The van der Waals surface area contributed by atoms with E-state index in [0.717, 1.165) is 12.8 Å². The van der Waals surface area contributed by atoms with Gasteiger partial charge in [0.1, 0.15) is 0 Å². The first-order valence-electron chi connectivity index (χ1n) is 8.25. The van der Waals surface area contributed by atoms with Crippen molar-refractivity contribution >= 4 is 11.6 Å². The maximum Gasteiger partial charge on any atom is 0.273 e. The minimum absolute atomic E-state index is 0.0349. The molecule has 1 fully saturated rings. The molecule has 1 aromatic carbocycles. The lowest BCUT2D eigenvalue weighted by Crippen LogP contribution is -2.48. The summed E-state index contributed by atoms with van der Waals surface area (Å²) >= 11 is 0. The number of rotatable bonds is 3. The summed E-state index contributed by atoms with van der Waals surface area (Å²) < 4.78 is 0. The van der Waals surface area contributed by atoms with Crippen molar-refractivity contribution in [3.05, 3.63) is 39.4 Å². The van der Waals surface area contributed by atoms with E-state index in [1.807, 2.05) is 20.8 Å². The molecule has 0 aliphatic carbocycles. The lowest BCUT2D eigenvalue weighted by Gasteiger charge is -2.34. The van der Waals surface area contributed by atoms with Gasteiger partial charge in [0.15, 0.2) is 0 Å². The second kappa shape index (κ2) is 6.16. The molecule has 0 saturated carbocycles. The smallest absolute Gasteiger partial charge is 0.273 e. The predicted molar refractivity (Wildman–Crippen MR) is 92.2 cm³/mol. The Morgan fingerprint density at radius 3 is 2.42 bits per heavy atom. The van der Waals surface area contributed by atoms with Crippen LogP contribution in [0.25, 0.3) is 0 Å². The van der Waals surface area contributed by atoms with Crippen LogP contribution >= 0.6 is 0 Å². The molecule has 6 nitrogen and oxygen atoms in total. The van der Waals surface area contributed by atoms with Gasteiger partial charge in [-0.25, -0.2) is 0 Å². The fourth-order valence-electron chi connectivity index (χ4n) is 3.36. The van der Waals surface area contributed by atoms with Crippen molar-refractivity contribution < 1.29 is 14.8 Å². The molecule has 1 amide bonds. The van der Waals surface area contributed by atoms with Gasteiger partial charge in [-0.3, -0.25) is 14.9 Å². The fraction of sp³-hybridized carbons (Fsp3) is 0.611. The maximum atomic E-state index is 12.8. The number of aliphatic hydroxyl groups is 1. The van der Waals surface area contributed by atoms with Crippen LogP contribution in [0.2, 0.25) is 0 Å². The highest BCUT2D eigenvalue weighted by molar-refractivity contribution is 5.95. The van der Waals surface area contributed by atoms with Crippen LogP contribution in [0, 0.1) is 10.1 Å². The first kappa shape index (κ1) is 18.4. The highest BCUT2D eigenvalue weighted by atomic mass is 16.6. The number of amides is 1. The largest absolute Gasteiger partial charge is 0.388 e. The number of nitrogens with zero attached hydrogens (tertiary/aromatic N) is 2. The van der Waals surface area contributed by atoms with Gasteiger partial charge in [-0.15, -0.1) is 0 Å². The van der Waals surface area contributed by atoms with Gasteiger partial charge in [-0.2, -0.15) is 0 Å². The summed E-state index contributed by atoms with van der Waals surface area (Å²) in [5, 5.41) is 21.7. The standard InChI is InChI=1S/C18H26N2O4/c1-17(2,3)13-9-8-12(11-14(13)20(23)24)16(21)19-10-6-7-15(19)18(4,5)22/h8-9,11,15,22H,6-7,10H2,1-5H3. The van der Waals surface area contributed by atoms with Gasteiger partial charge >= 0.3 is 0 Å². The molecule has 1 aromatic rings. The number of carbonyl (C=O) groups is 1. The third-order valence-electron chi connectivity index (χ3n) is 4.58. The summed E-state index contributed by atoms with van der Waals surface area (Å²) in [6.07, 6.45) is 1.56. The zero-order valence-electron chi connectivity index (χ0n) is 15.0. The Morgan fingerprint density at radius 2 is 1.92 bits per heavy atom. The van der Waals surface area contributed by atoms with Crippen LogP contribution in [0.1, 0.15) is 63.4 Å². The normalized spacial score (nSPS) is 18.8. The highest BCUT2D eigenvalue weighted by Gasteiger charge is 2.39. The Kier molecular flexibility index (Phi) is 4.72. The van der Waals surface area contributed by atoms with E-state index in [1.165, 1.54) is 6.07 Å². The van der Waals surface area contributed by atoms with Crippen molar-refractivity contribution in [3.8, 4) is 0 Å². The topological polar surface area (TPSA) is 83.7 Å². The molecule has 0 bridgehead atoms. The van der Waals surface area contributed by atoms with E-state index in [4.69, 9.17) is 0 Å². The molecule has 1 unspecified atom stereocenters. The Bertz CT molecular complexity index is 656. The molecule has 1 heterocycles. The molecule has 1 aliphatic rings. The Hall–Kier alpha value is -1.95. The van der Waals surface area contributed by atoms with Crippen LogP contribution < -0.4 is 0 Å². The Balaban J connectivity index is 2.41. The third-order valence-corrected chi connectivity index (χ3v) is 4.58. The zero-order valence-corrected chi connectivity index (χ0v) is 15.0. The van der Waals surface area contributed by atoms with Gasteiger partial charge in [0, 0.05) is 23.7 Å². The number of likely N-dealkylation sites (tertiary alicyclic amines) is 1. The van der Waals surface area contributed by atoms with E-state index < -0.39 is 10.5 Å². The molecule has 132 valence electrons. The first-order valence-corrected chi connectivity index (χ1v) is 8.25. The molecular weight excluding hydrogens is 308 g/mol. The van der Waals surface area contributed by atoms with Crippen molar-refractivity contribution in [2.45, 2.75) is 64.5 Å². The van der Waals surface area contributed by atoms with Crippen molar-refractivity contribution in [2.75, 3.05) is 6.54 Å². The van der Waals surface area contributed by atoms with Crippen molar-refractivity contribution in [3.63, 3.8) is 0 Å². The van der Waals surface area contributed by atoms with E-state index in [0.29, 0.717) is 17.7 Å². The van der Waals surface area contributed by atoms with Gasteiger partial charge in [-0.05, 0) is 38.2 Å². The van der Waals surface area contributed by atoms with Crippen LogP contribution in [0.5, 0.6) is 0 Å². The number of carbonyl (C=O) groups excluding carboxylic acids is 1. The average Bonchev–Trinajstić information content (AvgIpc) is 2.94. The van der Waals surface area contributed by atoms with Crippen molar-refractivity contribution in [2.24, 2.45) is 0 Å². The minimum atomic E-state index is -0.997.